The van der Waals surface area contributed by atoms with Gasteiger partial charge in [0.2, 0.25) is 0 Å². The summed E-state index contributed by atoms with van der Waals surface area (Å²) in [4.78, 5) is 0. The normalized spacial score (nSPS) is 10.8. The molecule has 0 aliphatic carbocycles. The van der Waals surface area contributed by atoms with E-state index in [0.717, 1.165) is 28.9 Å². The van der Waals surface area contributed by atoms with Crippen molar-refractivity contribution >= 4 is 11.6 Å². The molecule has 0 fully saturated rings. The van der Waals surface area contributed by atoms with Gasteiger partial charge in [0.05, 0.1) is 25.4 Å². The maximum absolute atomic E-state index is 9.52. The number of hydrogen-bond acceptors (Lipinski definition) is 3. The number of benzene rings is 2. The molecule has 0 atom stereocenters. The molecule has 128 valence electrons. The zero-order chi connectivity index (χ0) is 18.1. The van der Waals surface area contributed by atoms with Crippen LogP contribution >= 0.6 is 0 Å². The van der Waals surface area contributed by atoms with Crippen LogP contribution in [0.4, 0.5) is 0 Å². The van der Waals surface area contributed by atoms with Crippen molar-refractivity contribution in [1.82, 2.24) is 0 Å². The molecule has 0 saturated heterocycles. The lowest BCUT2D eigenvalue weighted by atomic mass is 10.0. The van der Waals surface area contributed by atoms with Crippen LogP contribution in [0.5, 0.6) is 11.5 Å². The number of nitrogens with zero attached hydrogens (tertiary/aromatic N) is 1. The van der Waals surface area contributed by atoms with E-state index in [2.05, 4.69) is 19.6 Å². The highest BCUT2D eigenvalue weighted by Gasteiger charge is 2.12. The Balaban J connectivity index is 2.50. The number of ether oxygens (including phenoxy) is 2. The van der Waals surface area contributed by atoms with Gasteiger partial charge in [-0.15, -0.1) is 6.58 Å². The maximum Gasteiger partial charge on any atom is 0.164 e. The summed E-state index contributed by atoms with van der Waals surface area (Å²) >= 11 is 0. The molecule has 0 saturated carbocycles. The van der Waals surface area contributed by atoms with Crippen molar-refractivity contribution < 1.29 is 9.47 Å². The third kappa shape index (κ3) is 4.74. The third-order valence-corrected chi connectivity index (χ3v) is 3.71. The van der Waals surface area contributed by atoms with Gasteiger partial charge in [-0.3, -0.25) is 0 Å². The molecule has 0 spiro atoms. The third-order valence-electron chi connectivity index (χ3n) is 3.71. The molecular formula is C22H23NO2. The maximum atomic E-state index is 9.52. The van der Waals surface area contributed by atoms with E-state index >= 15 is 0 Å². The Bertz CT molecular complexity index is 786. The lowest BCUT2D eigenvalue weighted by Gasteiger charge is -2.15. The van der Waals surface area contributed by atoms with Crippen molar-refractivity contribution in [2.75, 3.05) is 13.7 Å². The van der Waals surface area contributed by atoms with Crippen LogP contribution in [0.25, 0.3) is 11.6 Å². The second-order valence-electron chi connectivity index (χ2n) is 5.59. The summed E-state index contributed by atoms with van der Waals surface area (Å²) in [6, 6.07) is 15.8. The molecule has 0 bridgehead atoms. The van der Waals surface area contributed by atoms with Crippen molar-refractivity contribution in [3.8, 4) is 17.6 Å². The molecule has 0 aliphatic heterocycles. The van der Waals surface area contributed by atoms with Crippen LogP contribution in [0.3, 0.4) is 0 Å². The average Bonchev–Trinajstić information content (AvgIpc) is 2.65. The number of rotatable bonds is 8. The highest BCUT2D eigenvalue weighted by molar-refractivity contribution is 5.90. The van der Waals surface area contributed by atoms with Crippen molar-refractivity contribution in [2.24, 2.45) is 0 Å². The minimum Gasteiger partial charge on any atom is -0.493 e. The van der Waals surface area contributed by atoms with E-state index in [-0.39, 0.29) is 0 Å². The molecule has 0 heterocycles. The Hall–Kier alpha value is -2.99. The van der Waals surface area contributed by atoms with Crippen molar-refractivity contribution in [1.29, 1.82) is 5.26 Å². The SMILES string of the molecule is C=CCc1cc(/C=C(\C#N)c2ccccc2)cc(OC)c1OCCC. The molecule has 2 aromatic carbocycles. The van der Waals surface area contributed by atoms with Crippen molar-refractivity contribution in [3.63, 3.8) is 0 Å². The Morgan fingerprint density at radius 2 is 2.00 bits per heavy atom. The summed E-state index contributed by atoms with van der Waals surface area (Å²) in [5.41, 5.74) is 3.40. The van der Waals surface area contributed by atoms with E-state index in [4.69, 9.17) is 9.47 Å². The first-order chi connectivity index (χ1) is 12.2. The van der Waals surface area contributed by atoms with Gasteiger partial charge in [-0.25, -0.2) is 0 Å². The van der Waals surface area contributed by atoms with E-state index in [9.17, 15) is 5.26 Å². The summed E-state index contributed by atoms with van der Waals surface area (Å²) in [5.74, 6) is 1.42. The van der Waals surface area contributed by atoms with Crippen LogP contribution in [-0.4, -0.2) is 13.7 Å². The minimum absolute atomic E-state index is 0.606. The van der Waals surface area contributed by atoms with Crippen LogP contribution in [0, 0.1) is 11.3 Å². The van der Waals surface area contributed by atoms with Crippen LogP contribution in [0.1, 0.15) is 30.0 Å². The predicted octanol–water partition coefficient (Wildman–Crippen LogP) is 5.28. The minimum atomic E-state index is 0.606. The largest absolute Gasteiger partial charge is 0.493 e. The van der Waals surface area contributed by atoms with Gasteiger partial charge >= 0.3 is 0 Å². The van der Waals surface area contributed by atoms with Gasteiger partial charge in [0.15, 0.2) is 11.5 Å². The number of methoxy groups -OCH3 is 1. The predicted molar refractivity (Wildman–Crippen MR) is 103 cm³/mol. The lowest BCUT2D eigenvalue weighted by molar-refractivity contribution is 0.291. The quantitative estimate of drug-likeness (QED) is 0.375. The molecule has 0 aromatic heterocycles. The van der Waals surface area contributed by atoms with Crippen molar-refractivity contribution in [2.45, 2.75) is 19.8 Å². The van der Waals surface area contributed by atoms with Gasteiger partial charge in [0.1, 0.15) is 0 Å². The first-order valence-corrected chi connectivity index (χ1v) is 8.35. The highest BCUT2D eigenvalue weighted by Crippen LogP contribution is 2.35. The second kappa shape index (κ2) is 9.34. The first-order valence-electron chi connectivity index (χ1n) is 8.35. The smallest absolute Gasteiger partial charge is 0.164 e. The van der Waals surface area contributed by atoms with Crippen LogP contribution in [-0.2, 0) is 6.42 Å². The van der Waals surface area contributed by atoms with E-state index < -0.39 is 0 Å². The topological polar surface area (TPSA) is 42.2 Å². The molecule has 0 N–H and O–H groups in total. The Morgan fingerprint density at radius 3 is 2.60 bits per heavy atom. The molecule has 0 unspecified atom stereocenters. The molecule has 25 heavy (non-hydrogen) atoms. The molecule has 2 aromatic rings. The fourth-order valence-corrected chi connectivity index (χ4v) is 2.56. The highest BCUT2D eigenvalue weighted by atomic mass is 16.5. The van der Waals surface area contributed by atoms with Crippen LogP contribution in [0.15, 0.2) is 55.1 Å². The molecule has 3 heteroatoms. The number of allylic oxidation sites excluding steroid dienone is 2. The molecule has 3 nitrogen and oxygen atoms in total. The lowest BCUT2D eigenvalue weighted by Crippen LogP contribution is -2.02. The summed E-state index contributed by atoms with van der Waals surface area (Å²) in [6.45, 7) is 6.52. The zero-order valence-corrected chi connectivity index (χ0v) is 14.8. The summed E-state index contributed by atoms with van der Waals surface area (Å²) < 4.78 is 11.4. The Morgan fingerprint density at radius 1 is 1.24 bits per heavy atom. The van der Waals surface area contributed by atoms with Gasteiger partial charge in [-0.05, 0) is 42.2 Å². The Labute approximate surface area is 149 Å². The fourth-order valence-electron chi connectivity index (χ4n) is 2.56. The molecule has 0 radical (unpaired) electrons. The van der Waals surface area contributed by atoms with Crippen molar-refractivity contribution in [3.05, 3.63) is 71.8 Å². The van der Waals surface area contributed by atoms with Crippen LogP contribution < -0.4 is 9.47 Å². The summed E-state index contributed by atoms with van der Waals surface area (Å²) in [6.07, 6.45) is 5.30. The van der Waals surface area contributed by atoms with Gasteiger partial charge in [0, 0.05) is 5.56 Å². The summed E-state index contributed by atoms with van der Waals surface area (Å²) in [5, 5.41) is 9.52. The van der Waals surface area contributed by atoms with Gasteiger partial charge < -0.3 is 9.47 Å². The summed E-state index contributed by atoms with van der Waals surface area (Å²) in [7, 11) is 1.63. The molecule has 0 aliphatic rings. The fraction of sp³-hybridized carbons (Fsp3) is 0.227. The average molecular weight is 333 g/mol. The molecular weight excluding hydrogens is 310 g/mol. The first kappa shape index (κ1) is 18.4. The van der Waals surface area contributed by atoms with Gasteiger partial charge in [0.25, 0.3) is 0 Å². The van der Waals surface area contributed by atoms with E-state index in [1.54, 1.807) is 7.11 Å². The number of nitriles is 1. The van der Waals surface area contributed by atoms with E-state index in [1.165, 1.54) is 0 Å². The monoisotopic (exact) mass is 333 g/mol. The molecule has 2 rings (SSSR count). The molecule has 0 amide bonds. The van der Waals surface area contributed by atoms with Crippen LogP contribution in [0.2, 0.25) is 0 Å². The Kier molecular flexibility index (Phi) is 6.86. The zero-order valence-electron chi connectivity index (χ0n) is 14.8. The number of hydrogen-bond donors (Lipinski definition) is 0. The van der Waals surface area contributed by atoms with Gasteiger partial charge in [-0.1, -0.05) is 43.3 Å². The standard InChI is InChI=1S/C22H23NO2/c1-4-9-19-13-17(15-21(24-3)22(19)25-12-5-2)14-20(16-23)18-10-7-6-8-11-18/h4,6-8,10-11,13-15H,1,5,9,12H2,2-3H3/b20-14+. The van der Waals surface area contributed by atoms with E-state index in [0.29, 0.717) is 24.4 Å². The van der Waals surface area contributed by atoms with E-state index in [1.807, 2.05) is 54.6 Å². The second-order valence-corrected chi connectivity index (χ2v) is 5.59. The van der Waals surface area contributed by atoms with Gasteiger partial charge in [-0.2, -0.15) is 5.26 Å².